The van der Waals surface area contributed by atoms with Crippen LogP contribution >= 0.6 is 22.9 Å². The molecule has 6 heteroatoms. The molecule has 0 unspecified atom stereocenters. The summed E-state index contributed by atoms with van der Waals surface area (Å²) in [5.74, 6) is -1.05. The Labute approximate surface area is 130 Å². The Morgan fingerprint density at radius 2 is 1.67 bits per heavy atom. The zero-order valence-electron chi connectivity index (χ0n) is 11.1. The Morgan fingerprint density at radius 3 is 2.24 bits per heavy atom. The highest BCUT2D eigenvalue weighted by Crippen LogP contribution is 2.18. The topological polar surface area (TPSA) is 60.4 Å². The van der Waals surface area contributed by atoms with Crippen LogP contribution in [0.15, 0.2) is 36.4 Å². The van der Waals surface area contributed by atoms with Crippen LogP contribution in [0, 0.1) is 0 Å². The van der Waals surface area contributed by atoms with E-state index < -0.39 is 5.97 Å². The number of rotatable bonds is 5. The molecular weight excluding hydrogens is 312 g/mol. The summed E-state index contributed by atoms with van der Waals surface area (Å²) < 4.78 is 4.95. The van der Waals surface area contributed by atoms with E-state index in [0.717, 1.165) is 11.3 Å². The molecule has 0 atom stereocenters. The summed E-state index contributed by atoms with van der Waals surface area (Å²) in [4.78, 5) is 35.5. The second kappa shape index (κ2) is 6.65. The highest BCUT2D eigenvalue weighted by Gasteiger charge is 2.15. The Morgan fingerprint density at radius 1 is 1.05 bits per heavy atom. The van der Waals surface area contributed by atoms with Gasteiger partial charge in [-0.25, -0.2) is 4.79 Å². The lowest BCUT2D eigenvalue weighted by Gasteiger charge is -2.03. The van der Waals surface area contributed by atoms with Crippen LogP contribution in [-0.2, 0) is 4.74 Å². The Balaban J connectivity index is 1.95. The van der Waals surface area contributed by atoms with E-state index >= 15 is 0 Å². The van der Waals surface area contributed by atoms with Crippen molar-refractivity contribution in [1.82, 2.24) is 0 Å². The van der Waals surface area contributed by atoms with Gasteiger partial charge in [0.15, 0.2) is 18.2 Å². The quantitative estimate of drug-likeness (QED) is 0.623. The molecule has 0 radical (unpaired) electrons. The minimum Gasteiger partial charge on any atom is -0.453 e. The van der Waals surface area contributed by atoms with Crippen LogP contribution in [-0.4, -0.2) is 24.1 Å². The van der Waals surface area contributed by atoms with Gasteiger partial charge in [0.05, 0.1) is 4.88 Å². The average Bonchev–Trinajstić information content (AvgIpc) is 2.95. The van der Waals surface area contributed by atoms with Crippen LogP contribution < -0.4 is 0 Å². The first-order valence-corrected chi connectivity index (χ1v) is 7.23. The van der Waals surface area contributed by atoms with Gasteiger partial charge < -0.3 is 4.74 Å². The fourth-order valence-corrected chi connectivity index (χ4v) is 2.48. The van der Waals surface area contributed by atoms with Gasteiger partial charge >= 0.3 is 5.97 Å². The van der Waals surface area contributed by atoms with E-state index in [4.69, 9.17) is 16.3 Å². The summed E-state index contributed by atoms with van der Waals surface area (Å²) in [6, 6.07) is 9.39. The summed E-state index contributed by atoms with van der Waals surface area (Å²) in [6.07, 6.45) is 0. The van der Waals surface area contributed by atoms with Crippen molar-refractivity contribution in [3.8, 4) is 0 Å². The molecule has 0 N–H and O–H groups in total. The molecule has 0 bridgehead atoms. The molecule has 1 aromatic heterocycles. The van der Waals surface area contributed by atoms with Gasteiger partial charge in [-0.15, -0.1) is 11.3 Å². The van der Waals surface area contributed by atoms with E-state index in [1.807, 2.05) is 0 Å². The maximum atomic E-state index is 11.8. The number of thiophene rings is 1. The van der Waals surface area contributed by atoms with E-state index in [1.165, 1.54) is 13.0 Å². The Bertz CT molecular complexity index is 688. The lowest BCUT2D eigenvalue weighted by Crippen LogP contribution is -2.13. The molecule has 108 valence electrons. The highest BCUT2D eigenvalue weighted by atomic mass is 35.5. The highest BCUT2D eigenvalue weighted by molar-refractivity contribution is 7.15. The number of carbonyl (C=O) groups is 3. The van der Waals surface area contributed by atoms with Crippen LogP contribution in [0.1, 0.15) is 36.6 Å². The molecule has 4 nitrogen and oxygen atoms in total. The minimum absolute atomic E-state index is 0.115. The van der Waals surface area contributed by atoms with Crippen molar-refractivity contribution in [2.24, 2.45) is 0 Å². The van der Waals surface area contributed by atoms with E-state index in [-0.39, 0.29) is 18.2 Å². The smallest absolute Gasteiger partial charge is 0.348 e. The number of hydrogen-bond acceptors (Lipinski definition) is 5. The fraction of sp³-hybridized carbons (Fsp3) is 0.133. The van der Waals surface area contributed by atoms with Gasteiger partial charge in [0.2, 0.25) is 0 Å². The van der Waals surface area contributed by atoms with Crippen molar-refractivity contribution in [3.05, 3.63) is 56.7 Å². The van der Waals surface area contributed by atoms with Crippen molar-refractivity contribution in [3.63, 3.8) is 0 Å². The zero-order valence-corrected chi connectivity index (χ0v) is 12.7. The molecule has 0 fully saturated rings. The summed E-state index contributed by atoms with van der Waals surface area (Å²) in [7, 11) is 0. The molecule has 0 amide bonds. The third-order valence-electron chi connectivity index (χ3n) is 2.65. The van der Waals surface area contributed by atoms with Gasteiger partial charge in [0.1, 0.15) is 4.88 Å². The van der Waals surface area contributed by atoms with E-state index in [9.17, 15) is 14.4 Å². The largest absolute Gasteiger partial charge is 0.453 e. The standard InChI is InChI=1S/C15H11ClO4S/c1-9(17)13-6-7-14(21-13)15(19)20-8-12(18)10-2-4-11(16)5-3-10/h2-7H,8H2,1H3. The maximum Gasteiger partial charge on any atom is 0.348 e. The van der Waals surface area contributed by atoms with Crippen molar-refractivity contribution in [1.29, 1.82) is 0 Å². The predicted octanol–water partition coefficient (Wildman–Crippen LogP) is 3.64. The lowest BCUT2D eigenvalue weighted by atomic mass is 10.1. The van der Waals surface area contributed by atoms with E-state index in [0.29, 0.717) is 20.3 Å². The number of halogens is 1. The molecule has 1 aromatic carbocycles. The number of Topliss-reactive ketones (excluding diaryl/α,β-unsaturated/α-hetero) is 2. The first kappa shape index (κ1) is 15.4. The van der Waals surface area contributed by atoms with E-state index in [2.05, 4.69) is 0 Å². The molecule has 0 aliphatic heterocycles. The summed E-state index contributed by atoms with van der Waals surface area (Å²) in [5.41, 5.74) is 0.419. The SMILES string of the molecule is CC(=O)c1ccc(C(=O)OCC(=O)c2ccc(Cl)cc2)s1. The fourth-order valence-electron chi connectivity index (χ4n) is 1.56. The number of hydrogen-bond donors (Lipinski definition) is 0. The zero-order chi connectivity index (χ0) is 15.4. The van der Waals surface area contributed by atoms with E-state index in [1.54, 1.807) is 30.3 Å². The molecule has 0 aliphatic rings. The van der Waals surface area contributed by atoms with Crippen LogP contribution in [0.3, 0.4) is 0 Å². The van der Waals surface area contributed by atoms with Crippen LogP contribution in [0.2, 0.25) is 5.02 Å². The second-order valence-electron chi connectivity index (χ2n) is 4.23. The molecule has 21 heavy (non-hydrogen) atoms. The van der Waals surface area contributed by atoms with Gasteiger partial charge in [-0.2, -0.15) is 0 Å². The molecule has 2 rings (SSSR count). The van der Waals surface area contributed by atoms with Gasteiger partial charge in [0.25, 0.3) is 0 Å². The van der Waals surface area contributed by atoms with Gasteiger partial charge in [-0.3, -0.25) is 9.59 Å². The molecule has 0 saturated carbocycles. The average molecular weight is 323 g/mol. The van der Waals surface area contributed by atoms with Crippen molar-refractivity contribution in [2.45, 2.75) is 6.92 Å². The molecule has 0 aliphatic carbocycles. The number of esters is 1. The summed E-state index contributed by atoms with van der Waals surface area (Å²) >= 11 is 6.77. The van der Waals surface area contributed by atoms with Crippen molar-refractivity contribution >= 4 is 40.5 Å². The third kappa shape index (κ3) is 4.00. The van der Waals surface area contributed by atoms with Gasteiger partial charge in [0, 0.05) is 10.6 Å². The van der Waals surface area contributed by atoms with Gasteiger partial charge in [-0.05, 0) is 43.3 Å². The predicted molar refractivity (Wildman–Crippen MR) is 80.4 cm³/mol. The number of carbonyl (C=O) groups excluding carboxylic acids is 3. The third-order valence-corrected chi connectivity index (χ3v) is 4.07. The Kier molecular flexibility index (Phi) is 4.88. The summed E-state index contributed by atoms with van der Waals surface area (Å²) in [6.45, 7) is 1.07. The number of ether oxygens (including phenoxy) is 1. The minimum atomic E-state index is -0.616. The van der Waals surface area contributed by atoms with Gasteiger partial charge in [-0.1, -0.05) is 11.6 Å². The first-order chi connectivity index (χ1) is 9.97. The molecule has 0 saturated heterocycles. The second-order valence-corrected chi connectivity index (χ2v) is 5.75. The number of benzene rings is 1. The van der Waals surface area contributed by atoms with Crippen LogP contribution in [0.25, 0.3) is 0 Å². The van der Waals surface area contributed by atoms with Crippen molar-refractivity contribution in [2.75, 3.05) is 6.61 Å². The molecular formula is C15H11ClO4S. The molecule has 0 spiro atoms. The molecule has 2 aromatic rings. The summed E-state index contributed by atoms with van der Waals surface area (Å²) in [5, 5.41) is 0.527. The van der Waals surface area contributed by atoms with Crippen molar-refractivity contribution < 1.29 is 19.1 Å². The first-order valence-electron chi connectivity index (χ1n) is 6.04. The maximum absolute atomic E-state index is 11.8. The lowest BCUT2D eigenvalue weighted by molar-refractivity contribution is 0.0479. The normalized spacial score (nSPS) is 10.2. The molecule has 1 heterocycles. The van der Waals surface area contributed by atoms with Crippen LogP contribution in [0.5, 0.6) is 0 Å². The monoisotopic (exact) mass is 322 g/mol. The van der Waals surface area contributed by atoms with Crippen LogP contribution in [0.4, 0.5) is 0 Å². The number of ketones is 2. The Hall–Kier alpha value is -1.98.